The molecule has 0 spiro atoms. The standard InChI is InChI=1S/C18H20FNO2.ClH/c1-2-11-20-12-17-21-16-10-6-4-8-14(16)18(22-17)13-7-3-5-9-15(13)19;/h3-10,17-18,20H,2,11-12H2,1H3;1H. The summed E-state index contributed by atoms with van der Waals surface area (Å²) in [6.45, 7) is 3.58. The first-order chi connectivity index (χ1) is 10.8. The zero-order valence-electron chi connectivity index (χ0n) is 13.0. The summed E-state index contributed by atoms with van der Waals surface area (Å²) in [5, 5.41) is 3.28. The average Bonchev–Trinajstić information content (AvgIpc) is 2.55. The van der Waals surface area contributed by atoms with Gasteiger partial charge in [0.05, 0.1) is 6.54 Å². The molecule has 2 aromatic rings. The fourth-order valence-electron chi connectivity index (χ4n) is 2.61. The lowest BCUT2D eigenvalue weighted by Crippen LogP contribution is -2.38. The van der Waals surface area contributed by atoms with E-state index in [1.807, 2.05) is 30.3 Å². The minimum Gasteiger partial charge on any atom is -0.463 e. The van der Waals surface area contributed by atoms with Crippen LogP contribution in [0.4, 0.5) is 4.39 Å². The van der Waals surface area contributed by atoms with Crippen LogP contribution in [-0.2, 0) is 4.74 Å². The van der Waals surface area contributed by atoms with Crippen molar-refractivity contribution in [1.29, 1.82) is 0 Å². The molecule has 0 aromatic heterocycles. The number of hydrogen-bond acceptors (Lipinski definition) is 3. The predicted molar refractivity (Wildman–Crippen MR) is 90.6 cm³/mol. The highest BCUT2D eigenvalue weighted by Crippen LogP contribution is 2.38. The van der Waals surface area contributed by atoms with E-state index in [1.54, 1.807) is 12.1 Å². The van der Waals surface area contributed by atoms with E-state index in [0.29, 0.717) is 12.1 Å². The van der Waals surface area contributed by atoms with Gasteiger partial charge in [0.1, 0.15) is 17.7 Å². The lowest BCUT2D eigenvalue weighted by atomic mass is 9.99. The van der Waals surface area contributed by atoms with Crippen molar-refractivity contribution in [1.82, 2.24) is 5.32 Å². The molecule has 0 aliphatic carbocycles. The van der Waals surface area contributed by atoms with Gasteiger partial charge in [-0.05, 0) is 25.1 Å². The smallest absolute Gasteiger partial charge is 0.213 e. The second-order valence-corrected chi connectivity index (χ2v) is 5.33. The van der Waals surface area contributed by atoms with Gasteiger partial charge in [0, 0.05) is 11.1 Å². The van der Waals surface area contributed by atoms with Crippen LogP contribution in [0.2, 0.25) is 0 Å². The summed E-state index contributed by atoms with van der Waals surface area (Å²) in [7, 11) is 0. The lowest BCUT2D eigenvalue weighted by molar-refractivity contribution is -0.125. The molecule has 5 heteroatoms. The van der Waals surface area contributed by atoms with Gasteiger partial charge >= 0.3 is 0 Å². The fraction of sp³-hybridized carbons (Fsp3) is 0.333. The molecule has 0 saturated carbocycles. The molecule has 2 unspecified atom stereocenters. The van der Waals surface area contributed by atoms with Crippen LogP contribution in [0.5, 0.6) is 5.75 Å². The summed E-state index contributed by atoms with van der Waals surface area (Å²) in [6.07, 6.45) is 0.172. The van der Waals surface area contributed by atoms with Gasteiger partial charge in [-0.2, -0.15) is 0 Å². The number of benzene rings is 2. The van der Waals surface area contributed by atoms with Crippen LogP contribution in [-0.4, -0.2) is 19.4 Å². The van der Waals surface area contributed by atoms with Crippen molar-refractivity contribution in [2.75, 3.05) is 13.1 Å². The van der Waals surface area contributed by atoms with Crippen molar-refractivity contribution >= 4 is 12.4 Å². The average molecular weight is 338 g/mol. The molecule has 3 nitrogen and oxygen atoms in total. The van der Waals surface area contributed by atoms with Crippen molar-refractivity contribution < 1.29 is 13.9 Å². The van der Waals surface area contributed by atoms with E-state index in [9.17, 15) is 4.39 Å². The first kappa shape index (κ1) is 17.7. The zero-order chi connectivity index (χ0) is 15.4. The van der Waals surface area contributed by atoms with Crippen LogP contribution in [0.1, 0.15) is 30.6 Å². The zero-order valence-corrected chi connectivity index (χ0v) is 13.8. The van der Waals surface area contributed by atoms with Crippen LogP contribution < -0.4 is 10.1 Å². The Labute approximate surface area is 142 Å². The highest BCUT2D eigenvalue weighted by molar-refractivity contribution is 5.85. The Balaban J connectivity index is 0.00000192. The van der Waals surface area contributed by atoms with E-state index in [0.717, 1.165) is 24.3 Å². The third-order valence-corrected chi connectivity index (χ3v) is 3.67. The quantitative estimate of drug-likeness (QED) is 0.834. The first-order valence-corrected chi connectivity index (χ1v) is 7.65. The first-order valence-electron chi connectivity index (χ1n) is 7.65. The number of para-hydroxylation sites is 1. The maximum atomic E-state index is 14.2. The number of halogens is 2. The fourth-order valence-corrected chi connectivity index (χ4v) is 2.61. The van der Waals surface area contributed by atoms with Gasteiger partial charge in [0.2, 0.25) is 6.29 Å². The Hall–Kier alpha value is -1.62. The van der Waals surface area contributed by atoms with Gasteiger partial charge in [0.25, 0.3) is 0 Å². The van der Waals surface area contributed by atoms with Gasteiger partial charge in [0.15, 0.2) is 0 Å². The SMILES string of the molecule is CCCNCC1Oc2ccccc2C(c2ccccc2F)O1.Cl. The third-order valence-electron chi connectivity index (χ3n) is 3.67. The molecule has 2 atom stereocenters. The Morgan fingerprint density at radius 1 is 1.04 bits per heavy atom. The van der Waals surface area contributed by atoms with E-state index in [2.05, 4.69) is 12.2 Å². The minimum atomic E-state index is -0.445. The van der Waals surface area contributed by atoms with E-state index in [4.69, 9.17) is 9.47 Å². The molecular weight excluding hydrogens is 317 g/mol. The number of ether oxygens (including phenoxy) is 2. The van der Waals surface area contributed by atoms with Crippen LogP contribution >= 0.6 is 12.4 Å². The van der Waals surface area contributed by atoms with E-state index in [1.165, 1.54) is 6.07 Å². The summed E-state index contributed by atoms with van der Waals surface area (Å²) in [5.41, 5.74) is 1.40. The molecule has 124 valence electrons. The maximum Gasteiger partial charge on any atom is 0.213 e. The molecule has 1 N–H and O–H groups in total. The topological polar surface area (TPSA) is 30.5 Å². The summed E-state index contributed by atoms with van der Waals surface area (Å²) in [6, 6.07) is 14.4. The van der Waals surface area contributed by atoms with Gasteiger partial charge < -0.3 is 14.8 Å². The normalized spacial score (nSPS) is 19.4. The van der Waals surface area contributed by atoms with Crippen molar-refractivity contribution in [2.24, 2.45) is 0 Å². The Morgan fingerprint density at radius 3 is 2.48 bits per heavy atom. The number of nitrogens with one attached hydrogen (secondary N) is 1. The molecule has 1 heterocycles. The summed E-state index contributed by atoms with van der Waals surface area (Å²) < 4.78 is 26.0. The van der Waals surface area contributed by atoms with E-state index >= 15 is 0 Å². The highest BCUT2D eigenvalue weighted by atomic mass is 35.5. The minimum absolute atomic E-state index is 0. The lowest BCUT2D eigenvalue weighted by Gasteiger charge is -2.33. The molecule has 1 aliphatic rings. The van der Waals surface area contributed by atoms with Crippen LogP contribution in [0.25, 0.3) is 0 Å². The maximum absolute atomic E-state index is 14.2. The van der Waals surface area contributed by atoms with Crippen molar-refractivity contribution in [2.45, 2.75) is 25.7 Å². The molecule has 23 heavy (non-hydrogen) atoms. The molecule has 1 aliphatic heterocycles. The molecule has 2 aromatic carbocycles. The van der Waals surface area contributed by atoms with Gasteiger partial charge in [-0.1, -0.05) is 43.3 Å². The third kappa shape index (κ3) is 4.02. The predicted octanol–water partition coefficient (Wildman–Crippen LogP) is 4.07. The molecule has 0 amide bonds. The highest BCUT2D eigenvalue weighted by Gasteiger charge is 2.31. The van der Waals surface area contributed by atoms with Crippen LogP contribution in [0.3, 0.4) is 0 Å². The molecule has 0 saturated heterocycles. The summed E-state index contributed by atoms with van der Waals surface area (Å²) in [4.78, 5) is 0. The van der Waals surface area contributed by atoms with Crippen LogP contribution in [0, 0.1) is 5.82 Å². The second kappa shape index (κ2) is 8.29. The van der Waals surface area contributed by atoms with Crippen molar-refractivity contribution in [3.05, 3.63) is 65.5 Å². The van der Waals surface area contributed by atoms with Crippen molar-refractivity contribution in [3.63, 3.8) is 0 Å². The Bertz CT molecular complexity index is 638. The van der Waals surface area contributed by atoms with E-state index in [-0.39, 0.29) is 18.2 Å². The largest absolute Gasteiger partial charge is 0.463 e. The summed E-state index contributed by atoms with van der Waals surface area (Å²) in [5.74, 6) is 0.495. The molecule has 0 fully saturated rings. The molecule has 3 rings (SSSR count). The Kier molecular flexibility index (Phi) is 6.39. The number of rotatable bonds is 5. The monoisotopic (exact) mass is 337 g/mol. The Morgan fingerprint density at radius 2 is 1.74 bits per heavy atom. The van der Waals surface area contributed by atoms with Gasteiger partial charge in [-0.25, -0.2) is 4.39 Å². The number of hydrogen-bond donors (Lipinski definition) is 1. The molecule has 0 bridgehead atoms. The second-order valence-electron chi connectivity index (χ2n) is 5.33. The molecular formula is C18H21ClFNO2. The summed E-state index contributed by atoms with van der Waals surface area (Å²) >= 11 is 0. The van der Waals surface area contributed by atoms with E-state index < -0.39 is 12.4 Å². The van der Waals surface area contributed by atoms with Crippen molar-refractivity contribution in [3.8, 4) is 5.75 Å². The van der Waals surface area contributed by atoms with Gasteiger partial charge in [-0.3, -0.25) is 0 Å². The molecule has 0 radical (unpaired) electrons. The van der Waals surface area contributed by atoms with Crippen LogP contribution in [0.15, 0.2) is 48.5 Å². The van der Waals surface area contributed by atoms with Gasteiger partial charge in [-0.15, -0.1) is 12.4 Å². The number of fused-ring (bicyclic) bond motifs is 1.